The van der Waals surface area contributed by atoms with Crippen LogP contribution in [-0.4, -0.2) is 18.7 Å². The normalized spacial score (nSPS) is 22.7. The first kappa shape index (κ1) is 19.4. The van der Waals surface area contributed by atoms with Crippen LogP contribution in [0.15, 0.2) is 71.2 Å². The summed E-state index contributed by atoms with van der Waals surface area (Å²) in [5.41, 5.74) is 7.98. The van der Waals surface area contributed by atoms with Gasteiger partial charge in [-0.25, -0.2) is 0 Å². The predicted molar refractivity (Wildman–Crippen MR) is 118 cm³/mol. The van der Waals surface area contributed by atoms with Crippen molar-refractivity contribution in [2.45, 2.75) is 24.7 Å². The molecule has 1 aliphatic carbocycles. The van der Waals surface area contributed by atoms with Crippen LogP contribution in [0.1, 0.15) is 24.8 Å². The van der Waals surface area contributed by atoms with E-state index in [1.54, 1.807) is 36.2 Å². The van der Waals surface area contributed by atoms with Crippen molar-refractivity contribution in [1.82, 2.24) is 0 Å². The van der Waals surface area contributed by atoms with E-state index in [0.29, 0.717) is 52.5 Å². The van der Waals surface area contributed by atoms with Crippen LogP contribution < -0.4 is 15.5 Å². The number of fused-ring (bicyclic) bond motifs is 3. The van der Waals surface area contributed by atoms with E-state index in [4.69, 9.17) is 17.3 Å². The lowest BCUT2D eigenvalue weighted by molar-refractivity contribution is -0.124. The smallest absolute Gasteiger partial charge is 0.247 e. The SMILES string of the molecule is CN1C(=O)C2(C(C#N)=C(N)N(c3ccccc3Cl)C3=C2C(=O)CCC3)c2ccccc21. The average molecular weight is 431 g/mol. The molecule has 1 atom stereocenters. The van der Waals surface area contributed by atoms with Crippen LogP contribution in [-0.2, 0) is 15.0 Å². The van der Waals surface area contributed by atoms with Gasteiger partial charge in [0.1, 0.15) is 17.3 Å². The molecule has 6 nitrogen and oxygen atoms in total. The van der Waals surface area contributed by atoms with E-state index >= 15 is 0 Å². The number of benzene rings is 2. The molecule has 0 saturated carbocycles. The van der Waals surface area contributed by atoms with Crippen LogP contribution in [0.2, 0.25) is 5.02 Å². The zero-order chi connectivity index (χ0) is 21.9. The maximum atomic E-state index is 13.8. The van der Waals surface area contributed by atoms with E-state index in [2.05, 4.69) is 6.07 Å². The molecule has 0 fully saturated rings. The maximum Gasteiger partial charge on any atom is 0.247 e. The number of nitriles is 1. The van der Waals surface area contributed by atoms with Crippen LogP contribution in [0, 0.1) is 11.3 Å². The molecule has 1 unspecified atom stereocenters. The molecule has 154 valence electrons. The number of allylic oxidation sites excluding steroid dienone is 1. The lowest BCUT2D eigenvalue weighted by Crippen LogP contribution is -2.52. The number of carbonyl (C=O) groups is 2. The van der Waals surface area contributed by atoms with Crippen molar-refractivity contribution in [3.8, 4) is 6.07 Å². The van der Waals surface area contributed by atoms with Gasteiger partial charge < -0.3 is 10.6 Å². The molecule has 2 N–H and O–H groups in total. The molecule has 1 spiro atoms. The summed E-state index contributed by atoms with van der Waals surface area (Å²) < 4.78 is 0. The van der Waals surface area contributed by atoms with Crippen LogP contribution in [0.25, 0.3) is 0 Å². The van der Waals surface area contributed by atoms with Crippen LogP contribution >= 0.6 is 11.6 Å². The lowest BCUT2D eigenvalue weighted by atomic mass is 9.64. The molecule has 2 heterocycles. The maximum absolute atomic E-state index is 13.8. The number of anilines is 2. The highest BCUT2D eigenvalue weighted by molar-refractivity contribution is 6.33. The number of para-hydroxylation sites is 2. The van der Waals surface area contributed by atoms with E-state index in [0.717, 1.165) is 0 Å². The van der Waals surface area contributed by atoms with Crippen molar-refractivity contribution >= 4 is 34.7 Å². The van der Waals surface area contributed by atoms with E-state index in [9.17, 15) is 14.9 Å². The van der Waals surface area contributed by atoms with Crippen molar-refractivity contribution in [3.63, 3.8) is 0 Å². The Kier molecular flexibility index (Phi) is 4.21. The Hall–Kier alpha value is -3.56. The zero-order valence-electron chi connectivity index (χ0n) is 16.9. The Balaban J connectivity index is 1.92. The Bertz CT molecular complexity index is 1270. The molecule has 31 heavy (non-hydrogen) atoms. The fourth-order valence-corrected chi connectivity index (χ4v) is 5.36. The third-order valence-corrected chi connectivity index (χ3v) is 6.72. The van der Waals surface area contributed by atoms with E-state index < -0.39 is 5.41 Å². The predicted octanol–water partition coefficient (Wildman–Crippen LogP) is 3.78. The molecular weight excluding hydrogens is 412 g/mol. The summed E-state index contributed by atoms with van der Waals surface area (Å²) in [6, 6.07) is 16.6. The monoisotopic (exact) mass is 430 g/mol. The van der Waals surface area contributed by atoms with Gasteiger partial charge in [0.2, 0.25) is 5.91 Å². The summed E-state index contributed by atoms with van der Waals surface area (Å²) in [5.74, 6) is -0.353. The molecule has 2 aliphatic heterocycles. The van der Waals surface area contributed by atoms with Gasteiger partial charge in [0.25, 0.3) is 0 Å². The van der Waals surface area contributed by atoms with Crippen molar-refractivity contribution < 1.29 is 9.59 Å². The number of likely N-dealkylation sites (N-methyl/N-ethyl adjacent to an activating group) is 1. The molecule has 0 aromatic heterocycles. The number of nitrogens with two attached hydrogens (primary N) is 1. The highest BCUT2D eigenvalue weighted by Crippen LogP contribution is 2.56. The second-order valence-corrected chi connectivity index (χ2v) is 8.30. The lowest BCUT2D eigenvalue weighted by Gasteiger charge is -2.43. The largest absolute Gasteiger partial charge is 0.384 e. The number of nitrogens with zero attached hydrogens (tertiary/aromatic N) is 3. The summed E-state index contributed by atoms with van der Waals surface area (Å²) >= 11 is 6.48. The minimum absolute atomic E-state index is 0.0585. The van der Waals surface area contributed by atoms with Gasteiger partial charge in [0, 0.05) is 36.0 Å². The first-order chi connectivity index (χ1) is 14.9. The van der Waals surface area contributed by atoms with E-state index in [1.807, 2.05) is 24.3 Å². The van der Waals surface area contributed by atoms with Crippen LogP contribution in [0.3, 0.4) is 0 Å². The Morgan fingerprint density at radius 1 is 1.06 bits per heavy atom. The van der Waals surface area contributed by atoms with Gasteiger partial charge in [-0.05, 0) is 31.0 Å². The highest BCUT2D eigenvalue weighted by Gasteiger charge is 2.61. The molecule has 5 rings (SSSR count). The van der Waals surface area contributed by atoms with Gasteiger partial charge in [0.05, 0.1) is 16.3 Å². The minimum atomic E-state index is -1.53. The first-order valence-corrected chi connectivity index (χ1v) is 10.4. The van der Waals surface area contributed by atoms with Gasteiger partial charge in [-0.15, -0.1) is 0 Å². The molecule has 1 amide bonds. The van der Waals surface area contributed by atoms with Crippen molar-refractivity contribution in [1.29, 1.82) is 5.26 Å². The minimum Gasteiger partial charge on any atom is -0.384 e. The first-order valence-electron chi connectivity index (χ1n) is 10.0. The highest BCUT2D eigenvalue weighted by atomic mass is 35.5. The molecule has 0 radical (unpaired) electrons. The average Bonchev–Trinajstić information content (AvgIpc) is 2.98. The Morgan fingerprint density at radius 3 is 2.45 bits per heavy atom. The fraction of sp³-hybridized carbons (Fsp3) is 0.208. The third kappa shape index (κ3) is 2.32. The molecule has 2 aromatic rings. The number of hydrogen-bond donors (Lipinski definition) is 1. The summed E-state index contributed by atoms with van der Waals surface area (Å²) in [6.45, 7) is 0. The second-order valence-electron chi connectivity index (χ2n) is 7.89. The van der Waals surface area contributed by atoms with Gasteiger partial charge in [-0.3, -0.25) is 14.5 Å². The Labute approximate surface area is 184 Å². The zero-order valence-corrected chi connectivity index (χ0v) is 17.6. The fourth-order valence-electron chi connectivity index (χ4n) is 5.14. The van der Waals surface area contributed by atoms with E-state index in [1.165, 1.54) is 4.90 Å². The van der Waals surface area contributed by atoms with Crippen molar-refractivity contribution in [3.05, 3.63) is 81.8 Å². The Morgan fingerprint density at radius 2 is 1.74 bits per heavy atom. The molecule has 0 saturated heterocycles. The summed E-state index contributed by atoms with van der Waals surface area (Å²) in [5, 5.41) is 10.7. The topological polar surface area (TPSA) is 90.4 Å². The van der Waals surface area contributed by atoms with Gasteiger partial charge in [0.15, 0.2) is 5.78 Å². The molecule has 7 heteroatoms. The molecule has 0 bridgehead atoms. The van der Waals surface area contributed by atoms with Crippen molar-refractivity contribution in [2.24, 2.45) is 5.73 Å². The number of ketones is 1. The number of rotatable bonds is 1. The van der Waals surface area contributed by atoms with Crippen LogP contribution in [0.4, 0.5) is 11.4 Å². The third-order valence-electron chi connectivity index (χ3n) is 6.40. The van der Waals surface area contributed by atoms with Gasteiger partial charge in [-0.1, -0.05) is 41.9 Å². The van der Waals surface area contributed by atoms with E-state index in [-0.39, 0.29) is 23.1 Å². The van der Waals surface area contributed by atoms with Crippen molar-refractivity contribution in [2.75, 3.05) is 16.8 Å². The van der Waals surface area contributed by atoms with Gasteiger partial charge >= 0.3 is 0 Å². The molecule has 3 aliphatic rings. The number of carbonyl (C=O) groups excluding carboxylic acids is 2. The number of hydrogen-bond acceptors (Lipinski definition) is 5. The van der Waals surface area contributed by atoms with Crippen LogP contribution in [0.5, 0.6) is 0 Å². The number of halogens is 1. The standard InChI is InChI=1S/C24H19ClN4O2/c1-28-17-9-4-2-7-14(17)24(23(28)31)15(13-26)22(27)29(18-10-5-3-8-16(18)25)19-11-6-12-20(30)21(19)24/h2-5,7-10H,6,11-12,27H2,1H3. The summed E-state index contributed by atoms with van der Waals surface area (Å²) in [6.07, 6.45) is 1.50. The summed E-state index contributed by atoms with van der Waals surface area (Å²) in [7, 11) is 1.66. The molecule has 2 aromatic carbocycles. The quantitative estimate of drug-likeness (QED) is 0.743. The molecular formula is C24H19ClN4O2. The number of amides is 1. The second kappa shape index (κ2) is 6.73. The van der Waals surface area contributed by atoms with Gasteiger partial charge in [-0.2, -0.15) is 5.26 Å². The number of Topliss-reactive ketones (excluding diaryl/α,β-unsaturated/α-hetero) is 1. The summed E-state index contributed by atoms with van der Waals surface area (Å²) in [4.78, 5) is 30.4.